The Labute approximate surface area is 110 Å². The van der Waals surface area contributed by atoms with Crippen molar-refractivity contribution in [3.63, 3.8) is 0 Å². The fraction of sp³-hybridized carbons (Fsp3) is 0.929. The number of likely N-dealkylation sites (tertiary alicyclic amines) is 1. The van der Waals surface area contributed by atoms with Crippen molar-refractivity contribution >= 4 is 5.97 Å². The van der Waals surface area contributed by atoms with Gasteiger partial charge in [0.15, 0.2) is 0 Å². The van der Waals surface area contributed by atoms with Gasteiger partial charge in [-0.05, 0) is 25.7 Å². The molecule has 0 aromatic carbocycles. The van der Waals surface area contributed by atoms with Crippen LogP contribution in [0.25, 0.3) is 0 Å². The van der Waals surface area contributed by atoms with E-state index in [0.717, 1.165) is 25.4 Å². The molecule has 106 valence electrons. The molecule has 1 heterocycles. The van der Waals surface area contributed by atoms with Crippen LogP contribution in [-0.4, -0.2) is 47.3 Å². The standard InChI is InChI=1S/C14H27NO3/c1-5-11(3)7-12(6-2)15-9-14(4,10-15)18-8-13(16)17/h11-12H,5-10H2,1-4H3,(H,16,17). The molecule has 1 fully saturated rings. The number of hydrogen-bond acceptors (Lipinski definition) is 3. The van der Waals surface area contributed by atoms with Crippen LogP contribution in [0, 0.1) is 5.92 Å². The number of carboxylic acid groups (broad SMARTS) is 1. The van der Waals surface area contributed by atoms with Gasteiger partial charge in [0, 0.05) is 19.1 Å². The van der Waals surface area contributed by atoms with E-state index in [1.165, 1.54) is 12.8 Å². The maximum absolute atomic E-state index is 10.5. The average molecular weight is 257 g/mol. The summed E-state index contributed by atoms with van der Waals surface area (Å²) in [6.07, 6.45) is 3.60. The first-order chi connectivity index (χ1) is 8.40. The van der Waals surface area contributed by atoms with E-state index in [4.69, 9.17) is 9.84 Å². The summed E-state index contributed by atoms with van der Waals surface area (Å²) in [5, 5.41) is 8.63. The minimum absolute atomic E-state index is 0.188. The summed E-state index contributed by atoms with van der Waals surface area (Å²) in [5.41, 5.74) is -0.263. The predicted octanol–water partition coefficient (Wildman–Crippen LogP) is 2.38. The highest BCUT2D eigenvalue weighted by atomic mass is 16.5. The third kappa shape index (κ3) is 4.25. The Morgan fingerprint density at radius 1 is 1.39 bits per heavy atom. The summed E-state index contributed by atoms with van der Waals surface area (Å²) < 4.78 is 5.44. The van der Waals surface area contributed by atoms with Crippen LogP contribution in [-0.2, 0) is 9.53 Å². The summed E-state index contributed by atoms with van der Waals surface area (Å²) >= 11 is 0. The SMILES string of the molecule is CCC(C)CC(CC)N1CC(C)(OCC(=O)O)C1. The fourth-order valence-corrected chi connectivity index (χ4v) is 2.60. The molecule has 2 atom stereocenters. The van der Waals surface area contributed by atoms with Crippen LogP contribution in [0.2, 0.25) is 0 Å². The van der Waals surface area contributed by atoms with Crippen molar-refractivity contribution in [2.75, 3.05) is 19.7 Å². The topological polar surface area (TPSA) is 49.8 Å². The Bertz CT molecular complexity index is 274. The minimum atomic E-state index is -0.888. The first-order valence-corrected chi connectivity index (χ1v) is 7.00. The molecule has 0 radical (unpaired) electrons. The first-order valence-electron chi connectivity index (χ1n) is 7.00. The maximum Gasteiger partial charge on any atom is 0.329 e. The molecule has 4 nitrogen and oxygen atoms in total. The van der Waals surface area contributed by atoms with Crippen LogP contribution in [0.15, 0.2) is 0 Å². The molecule has 1 aliphatic heterocycles. The Morgan fingerprint density at radius 3 is 2.44 bits per heavy atom. The van der Waals surface area contributed by atoms with Gasteiger partial charge in [0.2, 0.25) is 0 Å². The molecule has 0 amide bonds. The molecule has 4 heteroatoms. The number of aliphatic carboxylic acids is 1. The molecule has 1 aliphatic rings. The van der Waals surface area contributed by atoms with E-state index in [0.29, 0.717) is 6.04 Å². The van der Waals surface area contributed by atoms with Gasteiger partial charge in [-0.25, -0.2) is 4.79 Å². The molecule has 0 saturated carbocycles. The van der Waals surface area contributed by atoms with Crippen LogP contribution in [0.1, 0.15) is 47.0 Å². The normalized spacial score (nSPS) is 22.2. The van der Waals surface area contributed by atoms with E-state index in [-0.39, 0.29) is 12.2 Å². The molecule has 0 aliphatic carbocycles. The monoisotopic (exact) mass is 257 g/mol. The van der Waals surface area contributed by atoms with Gasteiger partial charge in [0.1, 0.15) is 6.61 Å². The summed E-state index contributed by atoms with van der Waals surface area (Å²) in [6.45, 7) is 10.3. The lowest BCUT2D eigenvalue weighted by Gasteiger charge is -2.51. The van der Waals surface area contributed by atoms with Gasteiger partial charge in [0.25, 0.3) is 0 Å². The van der Waals surface area contributed by atoms with Gasteiger partial charge >= 0.3 is 5.97 Å². The third-order valence-electron chi connectivity index (χ3n) is 3.98. The van der Waals surface area contributed by atoms with E-state index in [1.807, 2.05) is 6.92 Å². The Balaban J connectivity index is 2.36. The molecule has 2 unspecified atom stereocenters. The highest BCUT2D eigenvalue weighted by Gasteiger charge is 2.42. The van der Waals surface area contributed by atoms with Gasteiger partial charge < -0.3 is 9.84 Å². The average Bonchev–Trinajstić information content (AvgIpc) is 2.29. The summed E-state index contributed by atoms with van der Waals surface area (Å²) in [7, 11) is 0. The molecular formula is C14H27NO3. The molecule has 1 N–H and O–H groups in total. The van der Waals surface area contributed by atoms with Gasteiger partial charge in [-0.2, -0.15) is 0 Å². The van der Waals surface area contributed by atoms with Gasteiger partial charge in [-0.3, -0.25) is 4.90 Å². The van der Waals surface area contributed by atoms with Gasteiger partial charge in [-0.15, -0.1) is 0 Å². The maximum atomic E-state index is 10.5. The van der Waals surface area contributed by atoms with Crippen molar-refractivity contribution in [1.29, 1.82) is 0 Å². The molecule has 0 spiro atoms. The minimum Gasteiger partial charge on any atom is -0.480 e. The van der Waals surface area contributed by atoms with Crippen molar-refractivity contribution in [3.8, 4) is 0 Å². The first kappa shape index (κ1) is 15.4. The summed E-state index contributed by atoms with van der Waals surface area (Å²) in [6, 6.07) is 0.612. The molecule has 0 aromatic heterocycles. The number of hydrogen-bond donors (Lipinski definition) is 1. The third-order valence-corrected chi connectivity index (χ3v) is 3.98. The Morgan fingerprint density at radius 2 is 2.00 bits per heavy atom. The second-order valence-corrected chi connectivity index (χ2v) is 5.85. The van der Waals surface area contributed by atoms with Crippen molar-refractivity contribution in [2.45, 2.75) is 58.6 Å². The molecule has 1 rings (SSSR count). The Hall–Kier alpha value is -0.610. The number of rotatable bonds is 8. The molecule has 18 heavy (non-hydrogen) atoms. The predicted molar refractivity (Wildman–Crippen MR) is 71.7 cm³/mol. The molecular weight excluding hydrogens is 230 g/mol. The van der Waals surface area contributed by atoms with Gasteiger partial charge in [0.05, 0.1) is 5.60 Å². The lowest BCUT2D eigenvalue weighted by molar-refractivity contribution is -0.170. The van der Waals surface area contributed by atoms with E-state index < -0.39 is 5.97 Å². The molecule has 0 bridgehead atoms. The van der Waals surface area contributed by atoms with E-state index in [2.05, 4.69) is 25.7 Å². The van der Waals surface area contributed by atoms with Crippen LogP contribution in [0.5, 0.6) is 0 Å². The largest absolute Gasteiger partial charge is 0.480 e. The highest BCUT2D eigenvalue weighted by molar-refractivity contribution is 5.68. The number of carboxylic acids is 1. The number of nitrogens with zero attached hydrogens (tertiary/aromatic N) is 1. The number of carbonyl (C=O) groups is 1. The zero-order valence-electron chi connectivity index (χ0n) is 12.1. The lowest BCUT2D eigenvalue weighted by atomic mass is 9.89. The second kappa shape index (κ2) is 6.53. The van der Waals surface area contributed by atoms with Crippen LogP contribution < -0.4 is 0 Å². The van der Waals surface area contributed by atoms with E-state index in [1.54, 1.807) is 0 Å². The Kier molecular flexibility index (Phi) is 5.60. The summed E-state index contributed by atoms with van der Waals surface area (Å²) in [4.78, 5) is 12.9. The van der Waals surface area contributed by atoms with E-state index >= 15 is 0 Å². The zero-order valence-corrected chi connectivity index (χ0v) is 12.1. The molecule has 0 aromatic rings. The number of ether oxygens (including phenoxy) is 1. The quantitative estimate of drug-likeness (QED) is 0.725. The zero-order chi connectivity index (χ0) is 13.8. The van der Waals surface area contributed by atoms with Crippen molar-refractivity contribution in [2.24, 2.45) is 5.92 Å². The van der Waals surface area contributed by atoms with Gasteiger partial charge in [-0.1, -0.05) is 27.2 Å². The van der Waals surface area contributed by atoms with Crippen molar-refractivity contribution in [3.05, 3.63) is 0 Å². The lowest BCUT2D eigenvalue weighted by Crippen LogP contribution is -2.64. The second-order valence-electron chi connectivity index (χ2n) is 5.85. The van der Waals surface area contributed by atoms with E-state index in [9.17, 15) is 4.79 Å². The summed E-state index contributed by atoms with van der Waals surface area (Å²) in [5.74, 6) is -0.136. The van der Waals surface area contributed by atoms with Crippen LogP contribution >= 0.6 is 0 Å². The van der Waals surface area contributed by atoms with Crippen molar-refractivity contribution < 1.29 is 14.6 Å². The molecule has 1 saturated heterocycles. The highest BCUT2D eigenvalue weighted by Crippen LogP contribution is 2.30. The van der Waals surface area contributed by atoms with Crippen LogP contribution in [0.3, 0.4) is 0 Å². The van der Waals surface area contributed by atoms with Crippen molar-refractivity contribution in [1.82, 2.24) is 4.90 Å². The smallest absolute Gasteiger partial charge is 0.329 e. The fourth-order valence-electron chi connectivity index (χ4n) is 2.60. The van der Waals surface area contributed by atoms with Crippen LogP contribution in [0.4, 0.5) is 0 Å².